The molecule has 1 aromatic rings. The van der Waals surface area contributed by atoms with Crippen molar-refractivity contribution in [2.45, 2.75) is 51.7 Å². The van der Waals surface area contributed by atoms with Crippen LogP contribution in [-0.4, -0.2) is 22.8 Å². The normalized spacial score (nSPS) is 16.2. The molecule has 1 aromatic carbocycles. The van der Waals surface area contributed by atoms with E-state index in [1.807, 2.05) is 0 Å². The maximum Gasteiger partial charge on any atom is 0.253 e. The Kier molecular flexibility index (Phi) is 6.58. The summed E-state index contributed by atoms with van der Waals surface area (Å²) in [4.78, 5) is 24.7. The van der Waals surface area contributed by atoms with Gasteiger partial charge in [-0.3, -0.25) is 9.59 Å². The monoisotopic (exact) mass is 369 g/mol. The van der Waals surface area contributed by atoms with Crippen LogP contribution in [-0.2, 0) is 11.4 Å². The first-order valence-electron chi connectivity index (χ1n) is 8.57. The van der Waals surface area contributed by atoms with Crippen molar-refractivity contribution in [2.24, 2.45) is 5.92 Å². The number of Topliss-reactive ketones (excluding diaryl/α,β-unsaturated/α-hetero) is 1. The van der Waals surface area contributed by atoms with Crippen LogP contribution in [0.25, 0.3) is 6.08 Å². The van der Waals surface area contributed by atoms with Crippen molar-refractivity contribution in [3.8, 4) is 0 Å². The SMILES string of the molecule is C=Cc1c(F)c(F)c(F)c(CO)c1C(=O)N[C@H](C(C)=O)C1CCCCC1. The first-order valence-corrected chi connectivity index (χ1v) is 8.57. The van der Waals surface area contributed by atoms with E-state index in [1.165, 1.54) is 6.92 Å². The third-order valence-corrected chi connectivity index (χ3v) is 4.89. The lowest BCUT2D eigenvalue weighted by Crippen LogP contribution is -2.46. The van der Waals surface area contributed by atoms with Crippen LogP contribution in [0.3, 0.4) is 0 Å². The molecule has 0 heterocycles. The predicted molar refractivity (Wildman–Crippen MR) is 90.8 cm³/mol. The molecular weight excluding hydrogens is 347 g/mol. The molecule has 0 bridgehead atoms. The number of halogens is 3. The summed E-state index contributed by atoms with van der Waals surface area (Å²) in [6.45, 7) is 3.67. The van der Waals surface area contributed by atoms with E-state index in [0.717, 1.165) is 38.2 Å². The van der Waals surface area contributed by atoms with Gasteiger partial charge in [-0.2, -0.15) is 0 Å². The number of nitrogens with one attached hydrogen (secondary N) is 1. The van der Waals surface area contributed by atoms with Gasteiger partial charge in [0.1, 0.15) is 0 Å². The Morgan fingerprint density at radius 3 is 2.31 bits per heavy atom. The Bertz CT molecular complexity index is 727. The zero-order chi connectivity index (χ0) is 19.4. The van der Waals surface area contributed by atoms with Gasteiger partial charge in [0.25, 0.3) is 5.91 Å². The zero-order valence-electron chi connectivity index (χ0n) is 14.6. The zero-order valence-corrected chi connectivity index (χ0v) is 14.6. The molecule has 4 nitrogen and oxygen atoms in total. The number of rotatable bonds is 6. The standard InChI is InChI=1S/C19H22F3NO3/c1-3-12-14(13(9-24)16(21)17(22)15(12)20)19(26)23-18(10(2)25)11-7-5-4-6-8-11/h3,11,18,24H,1,4-9H2,2H3,(H,23,26)/t18-/m1/s1. The molecule has 142 valence electrons. The maximum absolute atomic E-state index is 14.0. The van der Waals surface area contributed by atoms with Crippen molar-refractivity contribution in [3.63, 3.8) is 0 Å². The van der Waals surface area contributed by atoms with Crippen LogP contribution in [0.1, 0.15) is 60.5 Å². The van der Waals surface area contributed by atoms with Gasteiger partial charge in [-0.05, 0) is 25.7 Å². The number of benzene rings is 1. The van der Waals surface area contributed by atoms with Crippen molar-refractivity contribution in [2.75, 3.05) is 0 Å². The number of aliphatic hydroxyl groups is 1. The van der Waals surface area contributed by atoms with Gasteiger partial charge >= 0.3 is 0 Å². The summed E-state index contributed by atoms with van der Waals surface area (Å²) in [6, 6.07) is -0.803. The molecule has 26 heavy (non-hydrogen) atoms. The Morgan fingerprint density at radius 1 is 1.19 bits per heavy atom. The van der Waals surface area contributed by atoms with E-state index in [2.05, 4.69) is 11.9 Å². The molecule has 0 aromatic heterocycles. The number of aliphatic hydroxyl groups excluding tert-OH is 1. The number of hydrogen-bond acceptors (Lipinski definition) is 3. The predicted octanol–water partition coefficient (Wildman–Crippen LogP) is 3.51. The molecule has 0 spiro atoms. The summed E-state index contributed by atoms with van der Waals surface area (Å²) in [5.74, 6) is -6.23. The van der Waals surface area contributed by atoms with Gasteiger partial charge in [-0.15, -0.1) is 0 Å². The van der Waals surface area contributed by atoms with Gasteiger partial charge in [-0.25, -0.2) is 13.2 Å². The van der Waals surface area contributed by atoms with Gasteiger partial charge in [0.15, 0.2) is 23.2 Å². The van der Waals surface area contributed by atoms with Crippen molar-refractivity contribution >= 4 is 17.8 Å². The van der Waals surface area contributed by atoms with Gasteiger partial charge < -0.3 is 10.4 Å². The molecule has 1 saturated carbocycles. The number of hydrogen-bond donors (Lipinski definition) is 2. The largest absolute Gasteiger partial charge is 0.392 e. The van der Waals surface area contributed by atoms with E-state index in [-0.39, 0.29) is 11.7 Å². The number of carbonyl (C=O) groups is 2. The van der Waals surface area contributed by atoms with Gasteiger partial charge in [-0.1, -0.05) is 31.9 Å². The molecule has 1 amide bonds. The second-order valence-electron chi connectivity index (χ2n) is 6.53. The smallest absolute Gasteiger partial charge is 0.253 e. The highest BCUT2D eigenvalue weighted by Crippen LogP contribution is 2.29. The molecule has 2 N–H and O–H groups in total. The van der Waals surface area contributed by atoms with Crippen LogP contribution in [0, 0.1) is 23.4 Å². The first-order chi connectivity index (χ1) is 12.3. The van der Waals surface area contributed by atoms with Crippen molar-refractivity contribution < 1.29 is 27.9 Å². The fraction of sp³-hybridized carbons (Fsp3) is 0.474. The number of amides is 1. The van der Waals surface area contributed by atoms with E-state index >= 15 is 0 Å². The van der Waals surface area contributed by atoms with Crippen LogP contribution in [0.4, 0.5) is 13.2 Å². The summed E-state index contributed by atoms with van der Waals surface area (Å²) < 4.78 is 41.7. The topological polar surface area (TPSA) is 66.4 Å². The van der Waals surface area contributed by atoms with E-state index in [1.54, 1.807) is 0 Å². The second-order valence-corrected chi connectivity index (χ2v) is 6.53. The van der Waals surface area contributed by atoms with Gasteiger partial charge in [0, 0.05) is 11.1 Å². The number of carbonyl (C=O) groups excluding carboxylic acids is 2. The van der Waals surface area contributed by atoms with E-state index in [0.29, 0.717) is 0 Å². The maximum atomic E-state index is 14.0. The summed E-state index contributed by atoms with van der Waals surface area (Å²) in [5.41, 5.74) is -1.75. The molecule has 0 radical (unpaired) electrons. The van der Waals surface area contributed by atoms with Gasteiger partial charge in [0.05, 0.1) is 18.2 Å². The molecule has 1 fully saturated rings. The summed E-state index contributed by atoms with van der Waals surface area (Å²) in [5, 5.41) is 11.9. The average molecular weight is 369 g/mol. The molecule has 7 heteroatoms. The molecule has 1 aliphatic carbocycles. The first kappa shape index (κ1) is 20.2. The molecule has 0 unspecified atom stereocenters. The van der Waals surface area contributed by atoms with Crippen molar-refractivity contribution in [1.29, 1.82) is 0 Å². The van der Waals surface area contributed by atoms with Crippen LogP contribution >= 0.6 is 0 Å². The Balaban J connectivity index is 2.44. The van der Waals surface area contributed by atoms with Crippen molar-refractivity contribution in [3.05, 3.63) is 40.7 Å². The van der Waals surface area contributed by atoms with Crippen LogP contribution in [0.2, 0.25) is 0 Å². The minimum atomic E-state index is -1.78. The molecular formula is C19H22F3NO3. The van der Waals surface area contributed by atoms with Crippen LogP contribution < -0.4 is 5.32 Å². The summed E-state index contributed by atoms with van der Waals surface area (Å²) >= 11 is 0. The third-order valence-electron chi connectivity index (χ3n) is 4.89. The molecule has 1 aliphatic rings. The van der Waals surface area contributed by atoms with Crippen LogP contribution in [0.15, 0.2) is 6.58 Å². The van der Waals surface area contributed by atoms with E-state index < -0.39 is 52.7 Å². The van der Waals surface area contributed by atoms with Crippen molar-refractivity contribution in [1.82, 2.24) is 5.32 Å². The minimum Gasteiger partial charge on any atom is -0.392 e. The van der Waals surface area contributed by atoms with E-state index in [4.69, 9.17) is 0 Å². The quantitative estimate of drug-likeness (QED) is 0.754. The van der Waals surface area contributed by atoms with E-state index in [9.17, 15) is 27.9 Å². The fourth-order valence-corrected chi connectivity index (χ4v) is 3.56. The molecule has 0 aliphatic heterocycles. The van der Waals surface area contributed by atoms with Crippen LogP contribution in [0.5, 0.6) is 0 Å². The molecule has 1 atom stereocenters. The highest BCUT2D eigenvalue weighted by Gasteiger charge is 2.32. The fourth-order valence-electron chi connectivity index (χ4n) is 3.56. The summed E-state index contributed by atoms with van der Waals surface area (Å²) in [7, 11) is 0. The number of ketones is 1. The minimum absolute atomic E-state index is 0.0647. The van der Waals surface area contributed by atoms with Gasteiger partial charge in [0.2, 0.25) is 0 Å². The lowest BCUT2D eigenvalue weighted by Gasteiger charge is -2.29. The summed E-state index contributed by atoms with van der Waals surface area (Å²) in [6.07, 6.45) is 5.33. The average Bonchev–Trinajstić information content (AvgIpc) is 2.64. The molecule has 0 saturated heterocycles. The Labute approximate surface area is 150 Å². The lowest BCUT2D eigenvalue weighted by molar-refractivity contribution is -0.120. The highest BCUT2D eigenvalue weighted by atomic mass is 19.2. The Hall–Kier alpha value is -2.15. The Morgan fingerprint density at radius 2 is 1.81 bits per heavy atom. The lowest BCUT2D eigenvalue weighted by atomic mass is 9.82. The second kappa shape index (κ2) is 8.49. The molecule has 2 rings (SSSR count). The third kappa shape index (κ3) is 3.82. The highest BCUT2D eigenvalue weighted by molar-refractivity contribution is 6.01.